The Bertz CT molecular complexity index is 1680. The Hall–Kier alpha value is -3.15. The topological polar surface area (TPSA) is 230 Å². The van der Waals surface area contributed by atoms with E-state index in [1.165, 1.54) is 17.8 Å². The van der Waals surface area contributed by atoms with Gasteiger partial charge >= 0.3 is 13.7 Å². The molecular weight excluding hydrogens is 679 g/mol. The number of carbonyl (C=O) groups is 2. The van der Waals surface area contributed by atoms with E-state index in [9.17, 15) is 29.2 Å². The Morgan fingerprint density at radius 3 is 2.69 bits per heavy atom. The number of anilines is 1. The van der Waals surface area contributed by atoms with E-state index in [1.807, 2.05) is 37.3 Å². The van der Waals surface area contributed by atoms with Crippen molar-refractivity contribution in [2.45, 2.75) is 84.0 Å². The van der Waals surface area contributed by atoms with E-state index in [2.05, 4.69) is 20.0 Å². The summed E-state index contributed by atoms with van der Waals surface area (Å²) in [4.78, 5) is 47.7. The number of H-pyrrole nitrogens is 1. The molecule has 0 bridgehead atoms. The second kappa shape index (κ2) is 16.7. The lowest BCUT2D eigenvalue weighted by Gasteiger charge is -2.27. The number of benzene rings is 1. The number of aliphatic hydroxyl groups excluding tert-OH is 1. The maximum absolute atomic E-state index is 13.9. The van der Waals surface area contributed by atoms with Crippen molar-refractivity contribution in [3.8, 4) is 0 Å². The molecule has 270 valence electrons. The maximum atomic E-state index is 13.9. The number of fused-ring (bicyclic) bond motifs is 1. The fraction of sp³-hybridized carbons (Fsp3) is 0.581. The number of thioether (sulfide) groups is 1. The molecule has 1 saturated heterocycles. The first-order valence-corrected chi connectivity index (χ1v) is 18.5. The number of unbranched alkanes of at least 4 members (excludes halogenated alkanes) is 2. The Morgan fingerprint density at radius 1 is 1.24 bits per heavy atom. The monoisotopic (exact) mass is 724 g/mol. The molecule has 0 spiro atoms. The average molecular weight is 725 g/mol. The van der Waals surface area contributed by atoms with Crippen LogP contribution in [-0.2, 0) is 39.2 Å². The van der Waals surface area contributed by atoms with E-state index >= 15 is 0 Å². The third-order valence-corrected chi connectivity index (χ3v) is 10.6. The minimum absolute atomic E-state index is 0.0270. The minimum Gasteiger partial charge on any atom is -0.465 e. The standard InChI is InChI=1S/C31H45N6O10PS/c1-5-6-8-13-22(38)44-18-30(2,3)28(41)49-15-14-45-48(43,34-16-20-11-9-7-10-12-20)46-17-21-24(39)31(4,42)27(47-21)37-19-33-23-25(37)35-29(32)36-26(23)40/h7,9-12,19,21,24,27,39,42H,5-6,8,13-18H2,1-4H3,(H,34,43)(H3,32,35,36,40)/t21-,24-,27-,31-,48?/m1/s1. The first-order valence-electron chi connectivity index (χ1n) is 16.0. The van der Waals surface area contributed by atoms with Gasteiger partial charge in [0.1, 0.15) is 24.4 Å². The summed E-state index contributed by atoms with van der Waals surface area (Å²) in [5, 5.41) is 24.9. The van der Waals surface area contributed by atoms with Crippen LogP contribution in [0.4, 0.5) is 5.95 Å². The number of rotatable bonds is 18. The predicted octanol–water partition coefficient (Wildman–Crippen LogP) is 3.05. The highest BCUT2D eigenvalue weighted by Crippen LogP contribution is 2.47. The molecule has 0 aliphatic carbocycles. The van der Waals surface area contributed by atoms with Crippen molar-refractivity contribution in [2.75, 3.05) is 31.3 Å². The van der Waals surface area contributed by atoms with Crippen LogP contribution < -0.4 is 16.4 Å². The van der Waals surface area contributed by atoms with Crippen LogP contribution in [0.15, 0.2) is 41.5 Å². The Kier molecular flexibility index (Phi) is 13.2. The average Bonchev–Trinajstić information content (AvgIpc) is 3.58. The highest BCUT2D eigenvalue weighted by molar-refractivity contribution is 8.13. The van der Waals surface area contributed by atoms with Crippen LogP contribution in [0, 0.1) is 5.41 Å². The molecular formula is C31H45N6O10PS. The number of esters is 1. The zero-order valence-corrected chi connectivity index (χ0v) is 29.7. The number of imidazole rings is 1. The molecule has 1 aromatic carbocycles. The summed E-state index contributed by atoms with van der Waals surface area (Å²) in [6.45, 7) is 6.16. The summed E-state index contributed by atoms with van der Waals surface area (Å²) in [5.74, 6) is -0.399. The summed E-state index contributed by atoms with van der Waals surface area (Å²) in [5.41, 5.74) is 3.01. The van der Waals surface area contributed by atoms with Gasteiger partial charge in [0, 0.05) is 18.7 Å². The molecule has 0 amide bonds. The van der Waals surface area contributed by atoms with Crippen LogP contribution in [0.1, 0.15) is 65.2 Å². The quantitative estimate of drug-likeness (QED) is 0.0721. The molecule has 16 nitrogen and oxygen atoms in total. The zero-order chi connectivity index (χ0) is 35.8. The van der Waals surface area contributed by atoms with Crippen LogP contribution in [0.3, 0.4) is 0 Å². The normalized spacial score (nSPS) is 22.3. The lowest BCUT2D eigenvalue weighted by molar-refractivity contribution is -0.147. The lowest BCUT2D eigenvalue weighted by atomic mass is 9.96. The number of aliphatic hydroxyl groups is 2. The number of aromatic amines is 1. The van der Waals surface area contributed by atoms with Crippen LogP contribution >= 0.6 is 19.5 Å². The molecule has 3 aromatic rings. The van der Waals surface area contributed by atoms with Gasteiger partial charge in [0.2, 0.25) is 5.95 Å². The van der Waals surface area contributed by atoms with Crippen LogP contribution in [0.5, 0.6) is 0 Å². The van der Waals surface area contributed by atoms with E-state index in [-0.39, 0.29) is 53.7 Å². The van der Waals surface area contributed by atoms with Crippen molar-refractivity contribution in [3.05, 3.63) is 52.6 Å². The molecule has 1 aliphatic rings. The Labute approximate surface area is 288 Å². The van der Waals surface area contributed by atoms with Gasteiger partial charge in [0.05, 0.1) is 25.0 Å². The SMILES string of the molecule is CCCCCC(=O)OCC(C)(C)C(=O)SCCOP(=O)(NCc1ccccc1)OC[C@H]1O[C@@H](n2cnc3c(=O)[nH]c(N)nc32)[C@](C)(O)[C@@H]1O. The van der Waals surface area contributed by atoms with E-state index in [0.29, 0.717) is 6.42 Å². The predicted molar refractivity (Wildman–Crippen MR) is 182 cm³/mol. The molecule has 3 heterocycles. The highest BCUT2D eigenvalue weighted by atomic mass is 32.2. The fourth-order valence-corrected chi connectivity index (χ4v) is 7.21. The third-order valence-electron chi connectivity index (χ3n) is 7.90. The number of ether oxygens (including phenoxy) is 2. The number of aromatic nitrogens is 4. The molecule has 4 rings (SSSR count). The van der Waals surface area contributed by atoms with Gasteiger partial charge in [-0.25, -0.2) is 14.6 Å². The molecule has 1 fully saturated rings. The van der Waals surface area contributed by atoms with E-state index in [1.54, 1.807) is 13.8 Å². The largest absolute Gasteiger partial charge is 0.465 e. The van der Waals surface area contributed by atoms with Gasteiger partial charge in [0.25, 0.3) is 5.56 Å². The highest BCUT2D eigenvalue weighted by Gasteiger charge is 2.54. The number of nitrogens with two attached hydrogens (primary N) is 1. The van der Waals surface area contributed by atoms with Crippen LogP contribution in [0.2, 0.25) is 0 Å². The number of carbonyl (C=O) groups excluding carboxylic acids is 2. The van der Waals surface area contributed by atoms with Gasteiger partial charge in [-0.3, -0.25) is 33.0 Å². The van der Waals surface area contributed by atoms with Crippen molar-refractivity contribution >= 4 is 47.7 Å². The second-order valence-corrected chi connectivity index (χ2v) is 15.5. The lowest BCUT2D eigenvalue weighted by Crippen LogP contribution is -2.44. The van der Waals surface area contributed by atoms with E-state index < -0.39 is 49.4 Å². The van der Waals surface area contributed by atoms with Crippen LogP contribution in [0.25, 0.3) is 11.2 Å². The summed E-state index contributed by atoms with van der Waals surface area (Å²) in [6, 6.07) is 9.10. The maximum Gasteiger partial charge on any atom is 0.405 e. The van der Waals surface area contributed by atoms with E-state index in [0.717, 1.165) is 36.6 Å². The molecule has 0 radical (unpaired) electrons. The van der Waals surface area contributed by atoms with Crippen molar-refractivity contribution < 1.29 is 42.9 Å². The Balaban J connectivity index is 1.38. The number of nitrogen functional groups attached to an aromatic ring is 1. The number of nitrogens with one attached hydrogen (secondary N) is 2. The van der Waals surface area contributed by atoms with Crippen molar-refractivity contribution in [1.29, 1.82) is 0 Å². The summed E-state index contributed by atoms with van der Waals surface area (Å²) < 4.78 is 37.9. The fourth-order valence-electron chi connectivity index (χ4n) is 4.98. The Morgan fingerprint density at radius 2 is 1.98 bits per heavy atom. The van der Waals surface area contributed by atoms with Crippen molar-refractivity contribution in [3.63, 3.8) is 0 Å². The molecule has 5 atom stereocenters. The van der Waals surface area contributed by atoms with Gasteiger partial charge < -0.3 is 25.4 Å². The zero-order valence-electron chi connectivity index (χ0n) is 28.0. The first kappa shape index (κ1) is 38.6. The molecule has 6 N–H and O–H groups in total. The molecule has 1 unspecified atom stereocenters. The van der Waals surface area contributed by atoms with Crippen LogP contribution in [-0.4, -0.2) is 84.2 Å². The first-order chi connectivity index (χ1) is 23.2. The van der Waals surface area contributed by atoms with Gasteiger partial charge in [-0.05, 0) is 32.8 Å². The van der Waals surface area contributed by atoms with Gasteiger partial charge in [0.15, 0.2) is 22.5 Å². The molecule has 2 aromatic heterocycles. The van der Waals surface area contributed by atoms with E-state index in [4.69, 9.17) is 24.3 Å². The van der Waals surface area contributed by atoms with Crippen molar-refractivity contribution in [1.82, 2.24) is 24.6 Å². The number of hydrogen-bond donors (Lipinski definition) is 5. The molecule has 0 saturated carbocycles. The minimum atomic E-state index is -4.09. The van der Waals surface area contributed by atoms with Crippen molar-refractivity contribution in [2.24, 2.45) is 5.41 Å². The number of hydrogen-bond acceptors (Lipinski definition) is 14. The summed E-state index contributed by atoms with van der Waals surface area (Å²) >= 11 is 0.951. The molecule has 1 aliphatic heterocycles. The van der Waals surface area contributed by atoms with Gasteiger partial charge in [-0.2, -0.15) is 4.98 Å². The summed E-state index contributed by atoms with van der Waals surface area (Å²) in [7, 11) is -4.09. The summed E-state index contributed by atoms with van der Waals surface area (Å²) in [6.07, 6.45) is 0.177. The smallest absolute Gasteiger partial charge is 0.405 e. The third kappa shape index (κ3) is 9.98. The second-order valence-electron chi connectivity index (χ2n) is 12.6. The van der Waals surface area contributed by atoms with Gasteiger partial charge in [-0.1, -0.05) is 61.9 Å². The molecule has 49 heavy (non-hydrogen) atoms. The van der Waals surface area contributed by atoms with Gasteiger partial charge in [-0.15, -0.1) is 0 Å². The molecule has 18 heteroatoms. The number of nitrogens with zero attached hydrogens (tertiary/aromatic N) is 3.